The molecule has 26 heavy (non-hydrogen) atoms. The van der Waals surface area contributed by atoms with Crippen molar-refractivity contribution in [1.29, 1.82) is 0 Å². The lowest BCUT2D eigenvalue weighted by Gasteiger charge is -2.09. The number of esters is 2. The zero-order chi connectivity index (χ0) is 18.5. The highest BCUT2D eigenvalue weighted by Gasteiger charge is 2.20. The molecule has 0 unspecified atom stereocenters. The molecule has 3 rings (SSSR count). The van der Waals surface area contributed by atoms with Crippen LogP contribution < -0.4 is 9.47 Å². The molecule has 6 heteroatoms. The minimum absolute atomic E-state index is 0.00306. The maximum atomic E-state index is 13.2. The van der Waals surface area contributed by atoms with Crippen molar-refractivity contribution in [3.8, 4) is 11.5 Å². The van der Waals surface area contributed by atoms with Crippen LogP contribution in [-0.4, -0.2) is 11.9 Å². The van der Waals surface area contributed by atoms with Crippen molar-refractivity contribution >= 4 is 11.9 Å². The molecule has 0 bridgehead atoms. The maximum absolute atomic E-state index is 13.2. The second kappa shape index (κ2) is 7.57. The van der Waals surface area contributed by atoms with Gasteiger partial charge >= 0.3 is 11.9 Å². The van der Waals surface area contributed by atoms with Gasteiger partial charge in [-0.3, -0.25) is 0 Å². The lowest BCUT2D eigenvalue weighted by Crippen LogP contribution is -2.17. The molecule has 0 aliphatic heterocycles. The van der Waals surface area contributed by atoms with Gasteiger partial charge in [-0.2, -0.15) is 0 Å². The van der Waals surface area contributed by atoms with Crippen molar-refractivity contribution in [2.45, 2.75) is 0 Å². The van der Waals surface area contributed by atoms with E-state index in [4.69, 9.17) is 9.47 Å². The summed E-state index contributed by atoms with van der Waals surface area (Å²) in [4.78, 5) is 24.7. The van der Waals surface area contributed by atoms with Crippen molar-refractivity contribution in [3.05, 3.63) is 95.6 Å². The molecule has 0 aromatic heterocycles. The van der Waals surface area contributed by atoms with Crippen molar-refractivity contribution in [2.24, 2.45) is 0 Å². The number of halogens is 2. The Labute approximate surface area is 147 Å². The SMILES string of the molecule is O=C(Oc1cccc(F)c1)c1ccccc1C(=O)Oc1cccc(F)c1. The van der Waals surface area contributed by atoms with E-state index in [-0.39, 0.29) is 22.6 Å². The number of benzene rings is 3. The van der Waals surface area contributed by atoms with E-state index >= 15 is 0 Å². The predicted molar refractivity (Wildman–Crippen MR) is 89.2 cm³/mol. The minimum Gasteiger partial charge on any atom is -0.423 e. The van der Waals surface area contributed by atoms with E-state index in [9.17, 15) is 18.4 Å². The normalized spacial score (nSPS) is 10.2. The summed E-state index contributed by atoms with van der Waals surface area (Å²) in [5.41, 5.74) is -0.115. The Kier molecular flexibility index (Phi) is 5.03. The van der Waals surface area contributed by atoms with Crippen molar-refractivity contribution in [2.75, 3.05) is 0 Å². The van der Waals surface area contributed by atoms with E-state index in [1.54, 1.807) is 12.1 Å². The fraction of sp³-hybridized carbons (Fsp3) is 0. The average Bonchev–Trinajstić information content (AvgIpc) is 2.61. The Morgan fingerprint density at radius 2 is 1.04 bits per heavy atom. The van der Waals surface area contributed by atoms with Crippen LogP contribution in [0.1, 0.15) is 20.7 Å². The van der Waals surface area contributed by atoms with Gasteiger partial charge in [0.15, 0.2) is 0 Å². The maximum Gasteiger partial charge on any atom is 0.344 e. The van der Waals surface area contributed by atoms with Crippen LogP contribution in [0.15, 0.2) is 72.8 Å². The molecule has 0 N–H and O–H groups in total. The highest BCUT2D eigenvalue weighted by Crippen LogP contribution is 2.19. The first-order chi connectivity index (χ1) is 12.5. The third kappa shape index (κ3) is 4.10. The standard InChI is InChI=1S/C20H12F2O4/c21-13-5-3-7-15(11-13)25-19(23)17-9-1-2-10-18(17)20(24)26-16-8-4-6-14(22)12-16/h1-12H. The molecule has 0 aliphatic carbocycles. The van der Waals surface area contributed by atoms with Crippen molar-refractivity contribution in [3.63, 3.8) is 0 Å². The van der Waals surface area contributed by atoms with Gasteiger partial charge < -0.3 is 9.47 Å². The molecule has 0 fully saturated rings. The fourth-order valence-electron chi connectivity index (χ4n) is 2.22. The summed E-state index contributed by atoms with van der Waals surface area (Å²) in [6.45, 7) is 0. The number of carbonyl (C=O) groups is 2. The van der Waals surface area contributed by atoms with E-state index in [2.05, 4.69) is 0 Å². The van der Waals surface area contributed by atoms with Gasteiger partial charge in [-0.25, -0.2) is 18.4 Å². The molecule has 0 saturated carbocycles. The summed E-state index contributed by atoms with van der Waals surface area (Å²) >= 11 is 0. The second-order valence-electron chi connectivity index (χ2n) is 5.24. The third-order valence-corrected chi connectivity index (χ3v) is 3.38. The van der Waals surface area contributed by atoms with Gasteiger partial charge in [0.25, 0.3) is 0 Å². The van der Waals surface area contributed by atoms with Crippen molar-refractivity contribution in [1.82, 2.24) is 0 Å². The molecule has 0 heterocycles. The Morgan fingerprint density at radius 3 is 1.42 bits per heavy atom. The fourth-order valence-corrected chi connectivity index (χ4v) is 2.22. The quantitative estimate of drug-likeness (QED) is 0.515. The molecule has 0 atom stereocenters. The van der Waals surface area contributed by atoms with Gasteiger partial charge in [-0.05, 0) is 36.4 Å². The van der Waals surface area contributed by atoms with E-state index in [1.165, 1.54) is 48.5 Å². The Balaban J connectivity index is 1.83. The lowest BCUT2D eigenvalue weighted by atomic mass is 10.1. The molecule has 3 aromatic carbocycles. The molecule has 0 saturated heterocycles. The first-order valence-corrected chi connectivity index (χ1v) is 7.57. The summed E-state index contributed by atoms with van der Waals surface area (Å²) in [5.74, 6) is -2.81. The minimum atomic E-state index is -0.845. The van der Waals surface area contributed by atoms with Crippen LogP contribution >= 0.6 is 0 Å². The average molecular weight is 354 g/mol. The van der Waals surface area contributed by atoms with Gasteiger partial charge in [-0.1, -0.05) is 24.3 Å². The summed E-state index contributed by atoms with van der Waals surface area (Å²) in [6, 6.07) is 16.0. The van der Waals surface area contributed by atoms with Crippen LogP contribution in [0.3, 0.4) is 0 Å². The zero-order valence-corrected chi connectivity index (χ0v) is 13.3. The smallest absolute Gasteiger partial charge is 0.344 e. The molecule has 3 aromatic rings. The number of ether oxygens (including phenoxy) is 2. The van der Waals surface area contributed by atoms with Gasteiger partial charge in [-0.15, -0.1) is 0 Å². The number of carbonyl (C=O) groups excluding carboxylic acids is 2. The molecule has 0 aliphatic rings. The van der Waals surface area contributed by atoms with Gasteiger partial charge in [0.05, 0.1) is 11.1 Å². The highest BCUT2D eigenvalue weighted by molar-refractivity contribution is 6.04. The monoisotopic (exact) mass is 354 g/mol. The van der Waals surface area contributed by atoms with Crippen molar-refractivity contribution < 1.29 is 27.8 Å². The van der Waals surface area contributed by atoms with Crippen LogP contribution in [0.2, 0.25) is 0 Å². The van der Waals surface area contributed by atoms with E-state index in [0.717, 1.165) is 12.1 Å². The first kappa shape index (κ1) is 17.3. The Bertz CT molecular complexity index is 891. The molecule has 4 nitrogen and oxygen atoms in total. The lowest BCUT2D eigenvalue weighted by molar-refractivity contribution is 0.0691. The van der Waals surface area contributed by atoms with Crippen LogP contribution in [0, 0.1) is 11.6 Å². The molecular formula is C20H12F2O4. The molecule has 0 amide bonds. The number of rotatable bonds is 4. The number of hydrogen-bond donors (Lipinski definition) is 0. The molecular weight excluding hydrogens is 342 g/mol. The molecule has 130 valence electrons. The van der Waals surface area contributed by atoms with Gasteiger partial charge in [0.2, 0.25) is 0 Å². The van der Waals surface area contributed by atoms with Crippen LogP contribution in [0.4, 0.5) is 8.78 Å². The second-order valence-corrected chi connectivity index (χ2v) is 5.24. The first-order valence-electron chi connectivity index (χ1n) is 7.57. The van der Waals surface area contributed by atoms with Crippen LogP contribution in [0.25, 0.3) is 0 Å². The van der Waals surface area contributed by atoms with E-state index in [1.807, 2.05) is 0 Å². The molecule has 0 radical (unpaired) electrons. The van der Waals surface area contributed by atoms with E-state index in [0.29, 0.717) is 0 Å². The Morgan fingerprint density at radius 1 is 0.615 bits per heavy atom. The zero-order valence-electron chi connectivity index (χ0n) is 13.3. The largest absolute Gasteiger partial charge is 0.423 e. The third-order valence-electron chi connectivity index (χ3n) is 3.38. The predicted octanol–water partition coefficient (Wildman–Crippen LogP) is 4.40. The summed E-state index contributed by atoms with van der Waals surface area (Å²) in [7, 11) is 0. The van der Waals surface area contributed by atoms with Gasteiger partial charge in [0, 0.05) is 12.1 Å². The van der Waals surface area contributed by atoms with Crippen LogP contribution in [0.5, 0.6) is 11.5 Å². The van der Waals surface area contributed by atoms with E-state index < -0.39 is 23.6 Å². The summed E-state index contributed by atoms with van der Waals surface area (Å²) in [5, 5.41) is 0. The number of hydrogen-bond acceptors (Lipinski definition) is 4. The van der Waals surface area contributed by atoms with Gasteiger partial charge in [0.1, 0.15) is 23.1 Å². The topological polar surface area (TPSA) is 52.6 Å². The Hall–Kier alpha value is -3.54. The summed E-state index contributed by atoms with van der Waals surface area (Å²) < 4.78 is 36.6. The summed E-state index contributed by atoms with van der Waals surface area (Å²) in [6.07, 6.45) is 0. The highest BCUT2D eigenvalue weighted by atomic mass is 19.1. The molecule has 0 spiro atoms. The van der Waals surface area contributed by atoms with Crippen LogP contribution in [-0.2, 0) is 0 Å².